The number of hydrazine groups is 1. The fraction of sp³-hybridized carbons (Fsp3) is 0.333. The highest BCUT2D eigenvalue weighted by atomic mass is 32.1. The van der Waals surface area contributed by atoms with E-state index in [0.29, 0.717) is 10.8 Å². The molecule has 18 heavy (non-hydrogen) atoms. The Morgan fingerprint density at radius 3 is 2.28 bits per heavy atom. The van der Waals surface area contributed by atoms with Crippen LogP contribution in [0.2, 0.25) is 0 Å². The van der Waals surface area contributed by atoms with Crippen LogP contribution in [0.1, 0.15) is 20.8 Å². The number of rotatable bonds is 1. The van der Waals surface area contributed by atoms with Crippen LogP contribution >= 0.6 is 12.2 Å². The maximum absolute atomic E-state index is 11.5. The third kappa shape index (κ3) is 6.05. The van der Waals surface area contributed by atoms with Crippen molar-refractivity contribution in [2.75, 3.05) is 5.32 Å². The number of para-hydroxylation sites is 1. The van der Waals surface area contributed by atoms with E-state index in [1.54, 1.807) is 12.1 Å². The smallest absolute Gasteiger partial charge is 0.337 e. The van der Waals surface area contributed by atoms with Crippen molar-refractivity contribution in [3.05, 3.63) is 30.3 Å². The molecular formula is C12H18N4OS. The molecule has 0 saturated heterocycles. The molecule has 4 N–H and O–H groups in total. The second-order valence-electron chi connectivity index (χ2n) is 4.77. The summed E-state index contributed by atoms with van der Waals surface area (Å²) in [5.41, 5.74) is 5.63. The molecule has 0 aliphatic carbocycles. The van der Waals surface area contributed by atoms with Crippen LogP contribution in [0.25, 0.3) is 0 Å². The Balaban J connectivity index is 2.32. The van der Waals surface area contributed by atoms with Gasteiger partial charge in [-0.1, -0.05) is 18.2 Å². The number of amides is 2. The fourth-order valence-electron chi connectivity index (χ4n) is 1.17. The molecule has 0 fully saturated rings. The van der Waals surface area contributed by atoms with Gasteiger partial charge in [-0.05, 0) is 45.1 Å². The lowest BCUT2D eigenvalue weighted by Gasteiger charge is -2.23. The van der Waals surface area contributed by atoms with Gasteiger partial charge in [-0.15, -0.1) is 0 Å². The lowest BCUT2D eigenvalue weighted by molar-refractivity contribution is 0.250. The fourth-order valence-corrected chi connectivity index (χ4v) is 1.53. The van der Waals surface area contributed by atoms with E-state index in [4.69, 9.17) is 12.2 Å². The van der Waals surface area contributed by atoms with Crippen molar-refractivity contribution in [2.24, 2.45) is 0 Å². The third-order valence-corrected chi connectivity index (χ3v) is 2.01. The molecule has 0 aliphatic heterocycles. The zero-order valence-electron chi connectivity index (χ0n) is 10.7. The first-order valence-corrected chi connectivity index (χ1v) is 5.98. The molecule has 0 atom stereocenters. The highest BCUT2D eigenvalue weighted by Gasteiger charge is 2.11. The second kappa shape index (κ2) is 6.20. The second-order valence-corrected chi connectivity index (χ2v) is 5.18. The molecule has 0 spiro atoms. The van der Waals surface area contributed by atoms with E-state index >= 15 is 0 Å². The topological polar surface area (TPSA) is 65.2 Å². The molecule has 2 amide bonds. The van der Waals surface area contributed by atoms with Crippen molar-refractivity contribution >= 4 is 29.0 Å². The van der Waals surface area contributed by atoms with Gasteiger partial charge in [0.05, 0.1) is 0 Å². The van der Waals surface area contributed by atoms with Gasteiger partial charge in [0.1, 0.15) is 0 Å². The summed E-state index contributed by atoms with van der Waals surface area (Å²) < 4.78 is 0. The normalized spacial score (nSPS) is 10.4. The number of anilines is 1. The number of nitrogens with one attached hydrogen (secondary N) is 4. The van der Waals surface area contributed by atoms with E-state index in [-0.39, 0.29) is 11.6 Å². The molecule has 0 bridgehead atoms. The molecule has 0 saturated carbocycles. The highest BCUT2D eigenvalue weighted by molar-refractivity contribution is 7.80. The quantitative estimate of drug-likeness (QED) is 0.463. The lowest BCUT2D eigenvalue weighted by Crippen LogP contribution is -2.53. The van der Waals surface area contributed by atoms with Crippen molar-refractivity contribution < 1.29 is 4.79 Å². The minimum atomic E-state index is -0.376. The Morgan fingerprint density at radius 1 is 1.11 bits per heavy atom. The third-order valence-electron chi connectivity index (χ3n) is 1.81. The van der Waals surface area contributed by atoms with E-state index in [2.05, 4.69) is 21.5 Å². The van der Waals surface area contributed by atoms with E-state index in [1.807, 2.05) is 39.0 Å². The number of hydrogen-bond donors (Lipinski definition) is 4. The minimum Gasteiger partial charge on any atom is -0.357 e. The van der Waals surface area contributed by atoms with Crippen molar-refractivity contribution in [2.45, 2.75) is 26.3 Å². The van der Waals surface area contributed by atoms with Crippen LogP contribution in [-0.2, 0) is 0 Å². The first-order valence-electron chi connectivity index (χ1n) is 5.57. The summed E-state index contributed by atoms with van der Waals surface area (Å²) in [4.78, 5) is 11.5. The average molecular weight is 266 g/mol. The van der Waals surface area contributed by atoms with Crippen molar-refractivity contribution in [1.82, 2.24) is 16.2 Å². The minimum absolute atomic E-state index is 0.151. The number of carbonyl (C=O) groups excluding carboxylic acids is 1. The molecule has 5 nitrogen and oxygen atoms in total. The number of benzene rings is 1. The van der Waals surface area contributed by atoms with Crippen molar-refractivity contribution in [3.63, 3.8) is 0 Å². The summed E-state index contributed by atoms with van der Waals surface area (Å²) in [7, 11) is 0. The van der Waals surface area contributed by atoms with Gasteiger partial charge in [0.2, 0.25) is 0 Å². The molecule has 0 heterocycles. The van der Waals surface area contributed by atoms with Crippen LogP contribution in [0, 0.1) is 0 Å². The number of hydrogen-bond acceptors (Lipinski definition) is 2. The van der Waals surface area contributed by atoms with Gasteiger partial charge >= 0.3 is 6.03 Å². The molecule has 6 heteroatoms. The van der Waals surface area contributed by atoms with E-state index in [9.17, 15) is 4.79 Å². The molecule has 1 rings (SSSR count). The summed E-state index contributed by atoms with van der Waals surface area (Å²) in [6.45, 7) is 5.93. The van der Waals surface area contributed by atoms with Gasteiger partial charge in [0.25, 0.3) is 0 Å². The van der Waals surface area contributed by atoms with Crippen molar-refractivity contribution in [3.8, 4) is 0 Å². The van der Waals surface area contributed by atoms with Crippen molar-refractivity contribution in [1.29, 1.82) is 0 Å². The van der Waals surface area contributed by atoms with Gasteiger partial charge in [0, 0.05) is 11.2 Å². The molecule has 98 valence electrons. The number of thiocarbonyl (C=S) groups is 1. The van der Waals surface area contributed by atoms with Gasteiger partial charge in [-0.2, -0.15) is 0 Å². The molecule has 0 radical (unpaired) electrons. The number of carbonyl (C=O) groups is 1. The summed E-state index contributed by atoms with van der Waals surface area (Å²) in [5.74, 6) is 0. The Morgan fingerprint density at radius 2 is 1.72 bits per heavy atom. The van der Waals surface area contributed by atoms with Gasteiger partial charge < -0.3 is 10.6 Å². The maximum Gasteiger partial charge on any atom is 0.337 e. The monoisotopic (exact) mass is 266 g/mol. The maximum atomic E-state index is 11.5. The zero-order valence-corrected chi connectivity index (χ0v) is 11.5. The van der Waals surface area contributed by atoms with E-state index in [0.717, 1.165) is 0 Å². The highest BCUT2D eigenvalue weighted by Crippen LogP contribution is 2.03. The molecule has 0 aromatic heterocycles. The van der Waals surface area contributed by atoms with Gasteiger partial charge in [0.15, 0.2) is 5.11 Å². The lowest BCUT2D eigenvalue weighted by atomic mass is 10.1. The Bertz CT molecular complexity index is 414. The molecule has 0 aliphatic rings. The Hall–Kier alpha value is -1.82. The Labute approximate surface area is 112 Å². The zero-order chi connectivity index (χ0) is 13.6. The van der Waals surface area contributed by atoms with E-state index in [1.165, 1.54) is 0 Å². The van der Waals surface area contributed by atoms with Crippen LogP contribution in [0.15, 0.2) is 30.3 Å². The predicted molar refractivity (Wildman–Crippen MR) is 77.2 cm³/mol. The predicted octanol–water partition coefficient (Wildman–Crippen LogP) is 1.99. The summed E-state index contributed by atoms with van der Waals surface area (Å²) in [6, 6.07) is 8.78. The van der Waals surface area contributed by atoms with Crippen LogP contribution in [0.3, 0.4) is 0 Å². The molecule has 0 unspecified atom stereocenters. The molecule has 1 aromatic carbocycles. The standard InChI is InChI=1S/C12H18N4OS/c1-12(2,3)14-11(18)16-15-10(17)13-9-7-5-4-6-8-9/h4-8H,1-3H3,(H2,13,15,17)(H2,14,16,18). The van der Waals surface area contributed by atoms with Crippen LogP contribution < -0.4 is 21.5 Å². The van der Waals surface area contributed by atoms with Crippen LogP contribution in [-0.4, -0.2) is 16.7 Å². The molecule has 1 aromatic rings. The van der Waals surface area contributed by atoms with Gasteiger partial charge in [-0.3, -0.25) is 5.43 Å². The first kappa shape index (κ1) is 14.2. The summed E-state index contributed by atoms with van der Waals surface area (Å²) in [5, 5.41) is 6.04. The van der Waals surface area contributed by atoms with Gasteiger partial charge in [-0.25, -0.2) is 10.2 Å². The SMILES string of the molecule is CC(C)(C)NC(=S)NNC(=O)Nc1ccccc1. The number of urea groups is 1. The van der Waals surface area contributed by atoms with Crippen LogP contribution in [0.5, 0.6) is 0 Å². The van der Waals surface area contributed by atoms with E-state index < -0.39 is 0 Å². The average Bonchev–Trinajstić information content (AvgIpc) is 2.25. The first-order chi connectivity index (χ1) is 8.37. The summed E-state index contributed by atoms with van der Waals surface area (Å²) in [6.07, 6.45) is 0. The molecular weight excluding hydrogens is 248 g/mol. The largest absolute Gasteiger partial charge is 0.357 e. The Kier molecular flexibility index (Phi) is 4.91. The van der Waals surface area contributed by atoms with Crippen LogP contribution in [0.4, 0.5) is 10.5 Å². The summed E-state index contributed by atoms with van der Waals surface area (Å²) >= 11 is 5.02.